The second-order valence-electron chi connectivity index (χ2n) is 6.06. The molecule has 1 heterocycles. The molecule has 1 aliphatic rings. The van der Waals surface area contributed by atoms with E-state index in [1.54, 1.807) is 0 Å². The molecule has 0 aromatic carbocycles. The molecular formula is C18H35BrO9. The summed E-state index contributed by atoms with van der Waals surface area (Å²) >= 11 is 3.47. The van der Waals surface area contributed by atoms with Gasteiger partial charge in [-0.1, -0.05) is 15.9 Å². The van der Waals surface area contributed by atoms with Crippen LogP contribution in [0, 0.1) is 0 Å². The summed E-state index contributed by atoms with van der Waals surface area (Å²) in [6.45, 7) is 6.72. The molecule has 1 N–H and O–H groups in total. The van der Waals surface area contributed by atoms with Crippen molar-refractivity contribution in [2.75, 3.05) is 111 Å². The second kappa shape index (κ2) is 19.1. The number of rotatable bonds is 4. The maximum Gasteiger partial charge on any atom is 0.124 e. The van der Waals surface area contributed by atoms with E-state index in [0.29, 0.717) is 97.8 Å². The number of aliphatic hydroxyl groups is 1. The van der Waals surface area contributed by atoms with Crippen LogP contribution in [-0.2, 0) is 37.9 Å². The van der Waals surface area contributed by atoms with E-state index in [-0.39, 0.29) is 13.2 Å². The van der Waals surface area contributed by atoms with E-state index < -0.39 is 5.60 Å². The highest BCUT2D eigenvalue weighted by molar-refractivity contribution is 9.09. The Morgan fingerprint density at radius 1 is 0.607 bits per heavy atom. The third kappa shape index (κ3) is 14.2. The molecule has 1 saturated heterocycles. The van der Waals surface area contributed by atoms with Crippen molar-refractivity contribution < 1.29 is 43.0 Å². The number of aliphatic hydroxyl groups excluding tert-OH is 1. The van der Waals surface area contributed by atoms with E-state index in [4.69, 9.17) is 43.0 Å². The van der Waals surface area contributed by atoms with E-state index in [0.717, 1.165) is 0 Å². The summed E-state index contributed by atoms with van der Waals surface area (Å²) < 4.78 is 44.4. The van der Waals surface area contributed by atoms with Gasteiger partial charge in [0.15, 0.2) is 0 Å². The highest BCUT2D eigenvalue weighted by Gasteiger charge is 2.31. The predicted octanol–water partition coefficient (Wildman–Crippen LogP) is 0.259. The van der Waals surface area contributed by atoms with E-state index in [1.165, 1.54) is 0 Å². The first-order chi connectivity index (χ1) is 13.8. The molecule has 0 aliphatic carbocycles. The average Bonchev–Trinajstić information content (AvgIpc) is 2.72. The minimum Gasteiger partial charge on any atom is -0.394 e. The zero-order chi connectivity index (χ0) is 20.2. The lowest BCUT2D eigenvalue weighted by atomic mass is 10.1. The van der Waals surface area contributed by atoms with E-state index >= 15 is 0 Å². The fourth-order valence-electron chi connectivity index (χ4n) is 2.24. The molecule has 0 aromatic heterocycles. The smallest absolute Gasteiger partial charge is 0.124 e. The van der Waals surface area contributed by atoms with Crippen molar-refractivity contribution in [3.05, 3.63) is 0 Å². The molecule has 0 aromatic rings. The fraction of sp³-hybridized carbons (Fsp3) is 1.00. The predicted molar refractivity (Wildman–Crippen MR) is 105 cm³/mol. The Morgan fingerprint density at radius 3 is 1.21 bits per heavy atom. The lowest BCUT2D eigenvalue weighted by Crippen LogP contribution is -2.45. The summed E-state index contributed by atoms with van der Waals surface area (Å²) in [5.74, 6) is 0. The highest BCUT2D eigenvalue weighted by atomic mass is 79.9. The van der Waals surface area contributed by atoms with Gasteiger partial charge in [0.25, 0.3) is 0 Å². The quantitative estimate of drug-likeness (QED) is 0.575. The van der Waals surface area contributed by atoms with Gasteiger partial charge in [0.1, 0.15) is 5.60 Å². The molecule has 0 saturated carbocycles. The van der Waals surface area contributed by atoms with Crippen molar-refractivity contribution in [1.82, 2.24) is 0 Å². The topological polar surface area (TPSA) is 94.1 Å². The van der Waals surface area contributed by atoms with Crippen LogP contribution >= 0.6 is 15.9 Å². The molecule has 0 amide bonds. The molecule has 0 bridgehead atoms. The van der Waals surface area contributed by atoms with E-state index in [2.05, 4.69) is 15.9 Å². The van der Waals surface area contributed by atoms with Gasteiger partial charge < -0.3 is 43.0 Å². The number of halogens is 1. The number of hydrogen-bond acceptors (Lipinski definition) is 9. The first-order valence-electron chi connectivity index (χ1n) is 9.68. The lowest BCUT2D eigenvalue weighted by Gasteiger charge is -2.31. The van der Waals surface area contributed by atoms with Crippen LogP contribution in [0.3, 0.4) is 0 Å². The Bertz CT molecular complexity index is 314. The van der Waals surface area contributed by atoms with Gasteiger partial charge in [-0.05, 0) is 0 Å². The van der Waals surface area contributed by atoms with E-state index in [1.807, 2.05) is 0 Å². The molecule has 0 unspecified atom stereocenters. The van der Waals surface area contributed by atoms with Crippen molar-refractivity contribution in [1.29, 1.82) is 0 Å². The molecule has 0 atom stereocenters. The lowest BCUT2D eigenvalue weighted by molar-refractivity contribution is -0.134. The molecule has 1 aliphatic heterocycles. The summed E-state index contributed by atoms with van der Waals surface area (Å²) in [7, 11) is 0. The Labute approximate surface area is 176 Å². The van der Waals surface area contributed by atoms with Crippen molar-refractivity contribution in [2.45, 2.75) is 5.60 Å². The van der Waals surface area contributed by atoms with Crippen molar-refractivity contribution in [3.8, 4) is 0 Å². The van der Waals surface area contributed by atoms with Gasteiger partial charge in [-0.3, -0.25) is 0 Å². The maximum absolute atomic E-state index is 9.08. The molecule has 1 rings (SSSR count). The van der Waals surface area contributed by atoms with Crippen LogP contribution < -0.4 is 0 Å². The zero-order valence-electron chi connectivity index (χ0n) is 16.6. The molecule has 0 radical (unpaired) electrons. The Balaban J connectivity index is 2.37. The minimum absolute atomic E-state index is 0.0635. The Morgan fingerprint density at radius 2 is 0.929 bits per heavy atom. The summed E-state index contributed by atoms with van der Waals surface area (Å²) in [5, 5.41) is 9.60. The summed E-state index contributed by atoms with van der Waals surface area (Å²) in [6.07, 6.45) is 0. The third-order valence-electron chi connectivity index (χ3n) is 3.71. The van der Waals surface area contributed by atoms with Crippen LogP contribution in [0.4, 0.5) is 0 Å². The number of ether oxygens (including phenoxy) is 8. The summed E-state index contributed by atoms with van der Waals surface area (Å²) in [6, 6.07) is 0. The molecular weight excluding hydrogens is 440 g/mol. The molecule has 28 heavy (non-hydrogen) atoms. The molecule has 1 fully saturated rings. The normalized spacial score (nSPS) is 23.4. The average molecular weight is 475 g/mol. The Hall–Kier alpha value is 0.120. The van der Waals surface area contributed by atoms with Crippen LogP contribution in [0.2, 0.25) is 0 Å². The van der Waals surface area contributed by atoms with Gasteiger partial charge in [0.2, 0.25) is 0 Å². The van der Waals surface area contributed by atoms with Crippen LogP contribution in [0.1, 0.15) is 0 Å². The monoisotopic (exact) mass is 474 g/mol. The summed E-state index contributed by atoms with van der Waals surface area (Å²) in [4.78, 5) is 0. The van der Waals surface area contributed by atoms with Crippen LogP contribution in [0.15, 0.2) is 0 Å². The Kier molecular flexibility index (Phi) is 17.8. The number of hydrogen-bond donors (Lipinski definition) is 1. The maximum atomic E-state index is 9.08. The first-order valence-corrected chi connectivity index (χ1v) is 10.8. The standard InChI is InChI=1S/C18H35BrO9/c19-15-18(28-2-1-20)16-26-13-11-24-9-7-22-5-3-21-4-6-23-8-10-25-12-14-27-17-18/h20H,1-17H2. The van der Waals surface area contributed by atoms with Gasteiger partial charge in [0, 0.05) is 5.33 Å². The van der Waals surface area contributed by atoms with Gasteiger partial charge in [-0.2, -0.15) is 0 Å². The minimum atomic E-state index is -0.675. The fourth-order valence-corrected chi connectivity index (χ4v) is 2.72. The van der Waals surface area contributed by atoms with E-state index in [9.17, 15) is 0 Å². The molecule has 168 valence electrons. The summed E-state index contributed by atoms with van der Waals surface area (Å²) in [5.41, 5.74) is -0.675. The largest absolute Gasteiger partial charge is 0.394 e. The molecule has 9 nitrogen and oxygen atoms in total. The van der Waals surface area contributed by atoms with Crippen molar-refractivity contribution in [3.63, 3.8) is 0 Å². The number of alkyl halides is 1. The van der Waals surface area contributed by atoms with Crippen LogP contribution in [0.5, 0.6) is 0 Å². The second-order valence-corrected chi connectivity index (χ2v) is 6.62. The van der Waals surface area contributed by atoms with Gasteiger partial charge in [-0.25, -0.2) is 0 Å². The molecule has 10 heteroatoms. The zero-order valence-corrected chi connectivity index (χ0v) is 18.2. The first kappa shape index (κ1) is 26.2. The SMILES string of the molecule is OCCOC1(CBr)COCCOCCOCCOCCOCCOCCOC1. The van der Waals surface area contributed by atoms with Crippen molar-refractivity contribution >= 4 is 15.9 Å². The van der Waals surface area contributed by atoms with Gasteiger partial charge >= 0.3 is 0 Å². The highest BCUT2D eigenvalue weighted by Crippen LogP contribution is 2.16. The van der Waals surface area contributed by atoms with Crippen LogP contribution in [0.25, 0.3) is 0 Å². The van der Waals surface area contributed by atoms with Crippen molar-refractivity contribution in [2.24, 2.45) is 0 Å². The third-order valence-corrected chi connectivity index (χ3v) is 4.73. The molecule has 0 spiro atoms. The van der Waals surface area contributed by atoms with Gasteiger partial charge in [-0.15, -0.1) is 0 Å². The van der Waals surface area contributed by atoms with Crippen LogP contribution in [-0.4, -0.2) is 122 Å². The van der Waals surface area contributed by atoms with Gasteiger partial charge in [0.05, 0.1) is 106 Å².